The number of hydrogen-bond acceptors (Lipinski definition) is 4. The van der Waals surface area contributed by atoms with Gasteiger partial charge in [0.1, 0.15) is 11.6 Å². The molecule has 3 aromatic rings. The summed E-state index contributed by atoms with van der Waals surface area (Å²) in [7, 11) is 2.10. The van der Waals surface area contributed by atoms with E-state index in [4.69, 9.17) is 9.97 Å². The predicted molar refractivity (Wildman–Crippen MR) is 94.8 cm³/mol. The standard InChI is InChI=1S/C19H22N4/c1-14(2)18-21-17-7-5-4-6-16(17)19(22-18)23(3)13-10-15-8-11-20-12-9-15/h4-9,11-12,14H,10,13H2,1-3H3. The first-order valence-electron chi connectivity index (χ1n) is 8.02. The highest BCUT2D eigenvalue weighted by molar-refractivity contribution is 5.89. The van der Waals surface area contributed by atoms with Gasteiger partial charge >= 0.3 is 0 Å². The van der Waals surface area contributed by atoms with Crippen molar-refractivity contribution in [2.75, 3.05) is 18.5 Å². The second kappa shape index (κ2) is 6.73. The molecule has 0 saturated carbocycles. The molecule has 0 bridgehead atoms. The average molecular weight is 306 g/mol. The summed E-state index contributed by atoms with van der Waals surface area (Å²) in [6.07, 6.45) is 4.65. The van der Waals surface area contributed by atoms with Crippen molar-refractivity contribution in [2.24, 2.45) is 0 Å². The number of nitrogens with zero attached hydrogens (tertiary/aromatic N) is 4. The predicted octanol–water partition coefficient (Wildman–Crippen LogP) is 3.83. The van der Waals surface area contributed by atoms with Gasteiger partial charge in [-0.25, -0.2) is 9.97 Å². The van der Waals surface area contributed by atoms with Gasteiger partial charge in [-0.3, -0.25) is 4.98 Å². The molecule has 0 aliphatic carbocycles. The maximum absolute atomic E-state index is 4.82. The van der Waals surface area contributed by atoms with E-state index in [1.54, 1.807) is 0 Å². The second-order valence-corrected chi connectivity index (χ2v) is 6.10. The molecule has 0 N–H and O–H groups in total. The Hall–Kier alpha value is -2.49. The Bertz CT molecular complexity index is 784. The first-order valence-corrected chi connectivity index (χ1v) is 8.02. The third kappa shape index (κ3) is 3.47. The summed E-state index contributed by atoms with van der Waals surface area (Å²) >= 11 is 0. The first kappa shape index (κ1) is 15.4. The van der Waals surface area contributed by atoms with E-state index < -0.39 is 0 Å². The average Bonchev–Trinajstić information content (AvgIpc) is 2.59. The van der Waals surface area contributed by atoms with Crippen LogP contribution in [0, 0.1) is 0 Å². The molecule has 0 unspecified atom stereocenters. The fourth-order valence-corrected chi connectivity index (χ4v) is 2.58. The largest absolute Gasteiger partial charge is 0.359 e. The summed E-state index contributed by atoms with van der Waals surface area (Å²) in [5.74, 6) is 2.22. The van der Waals surface area contributed by atoms with E-state index in [1.165, 1.54) is 5.56 Å². The van der Waals surface area contributed by atoms with Gasteiger partial charge in [-0.2, -0.15) is 0 Å². The summed E-state index contributed by atoms with van der Waals surface area (Å²) in [4.78, 5) is 15.8. The molecule has 0 fully saturated rings. The summed E-state index contributed by atoms with van der Waals surface area (Å²) in [6.45, 7) is 5.16. The highest BCUT2D eigenvalue weighted by Crippen LogP contribution is 2.25. The van der Waals surface area contributed by atoms with Crippen molar-refractivity contribution in [1.29, 1.82) is 0 Å². The monoisotopic (exact) mass is 306 g/mol. The van der Waals surface area contributed by atoms with E-state index in [2.05, 4.69) is 55.0 Å². The van der Waals surface area contributed by atoms with Gasteiger partial charge < -0.3 is 4.90 Å². The van der Waals surface area contributed by atoms with Crippen LogP contribution in [0.2, 0.25) is 0 Å². The summed E-state index contributed by atoms with van der Waals surface area (Å²) < 4.78 is 0. The summed E-state index contributed by atoms with van der Waals surface area (Å²) in [6, 6.07) is 12.3. The number of benzene rings is 1. The van der Waals surface area contributed by atoms with Crippen molar-refractivity contribution in [3.63, 3.8) is 0 Å². The van der Waals surface area contributed by atoms with Crippen LogP contribution < -0.4 is 4.90 Å². The molecule has 2 heterocycles. The molecule has 0 atom stereocenters. The normalized spacial score (nSPS) is 11.1. The zero-order valence-corrected chi connectivity index (χ0v) is 13.9. The van der Waals surface area contributed by atoms with Crippen molar-refractivity contribution in [3.05, 3.63) is 60.2 Å². The van der Waals surface area contributed by atoms with Crippen LogP contribution in [0.4, 0.5) is 5.82 Å². The molecule has 0 saturated heterocycles. The zero-order chi connectivity index (χ0) is 16.2. The van der Waals surface area contributed by atoms with E-state index >= 15 is 0 Å². The van der Waals surface area contributed by atoms with Gasteiger partial charge in [0.2, 0.25) is 0 Å². The minimum atomic E-state index is 0.312. The number of likely N-dealkylation sites (N-methyl/N-ethyl adjacent to an activating group) is 1. The Balaban J connectivity index is 1.91. The van der Waals surface area contributed by atoms with Gasteiger partial charge in [0.15, 0.2) is 0 Å². The zero-order valence-electron chi connectivity index (χ0n) is 13.9. The highest BCUT2D eigenvalue weighted by Gasteiger charge is 2.13. The molecular formula is C19H22N4. The van der Waals surface area contributed by atoms with E-state index in [9.17, 15) is 0 Å². The van der Waals surface area contributed by atoms with E-state index in [1.807, 2.05) is 24.5 Å². The lowest BCUT2D eigenvalue weighted by Crippen LogP contribution is -2.22. The number of para-hydroxylation sites is 1. The first-order chi connectivity index (χ1) is 11.1. The van der Waals surface area contributed by atoms with E-state index in [0.29, 0.717) is 5.92 Å². The lowest BCUT2D eigenvalue weighted by Gasteiger charge is -2.21. The summed E-state index contributed by atoms with van der Waals surface area (Å²) in [5.41, 5.74) is 2.30. The molecule has 2 aromatic heterocycles. The fourth-order valence-electron chi connectivity index (χ4n) is 2.58. The maximum atomic E-state index is 4.82. The van der Waals surface area contributed by atoms with Crippen LogP contribution in [0.15, 0.2) is 48.8 Å². The third-order valence-electron chi connectivity index (χ3n) is 3.96. The Morgan fingerprint density at radius 3 is 2.48 bits per heavy atom. The topological polar surface area (TPSA) is 41.9 Å². The van der Waals surface area contributed by atoms with Gasteiger partial charge in [0.05, 0.1) is 5.52 Å². The van der Waals surface area contributed by atoms with Gasteiger partial charge in [0, 0.05) is 37.3 Å². The van der Waals surface area contributed by atoms with Crippen LogP contribution >= 0.6 is 0 Å². The van der Waals surface area contributed by atoms with Crippen LogP contribution in [0.1, 0.15) is 31.2 Å². The molecule has 4 nitrogen and oxygen atoms in total. The SMILES string of the molecule is CC(C)c1nc(N(C)CCc2ccncc2)c2ccccc2n1. The van der Waals surface area contributed by atoms with Crippen molar-refractivity contribution < 1.29 is 0 Å². The van der Waals surface area contributed by atoms with Gasteiger partial charge in [-0.15, -0.1) is 0 Å². The van der Waals surface area contributed by atoms with Crippen molar-refractivity contribution >= 4 is 16.7 Å². The van der Waals surface area contributed by atoms with Gasteiger partial charge in [0.25, 0.3) is 0 Å². The molecule has 0 radical (unpaired) electrons. The molecule has 1 aromatic carbocycles. The number of rotatable bonds is 5. The number of aromatic nitrogens is 3. The van der Waals surface area contributed by atoms with E-state index in [0.717, 1.165) is 35.5 Å². The Labute approximate surface area is 137 Å². The Morgan fingerprint density at radius 1 is 1.00 bits per heavy atom. The quantitative estimate of drug-likeness (QED) is 0.718. The number of hydrogen-bond donors (Lipinski definition) is 0. The summed E-state index contributed by atoms with van der Waals surface area (Å²) in [5, 5.41) is 1.11. The minimum absolute atomic E-state index is 0.312. The Kier molecular flexibility index (Phi) is 4.51. The number of anilines is 1. The van der Waals surface area contributed by atoms with Crippen LogP contribution in [0.5, 0.6) is 0 Å². The maximum Gasteiger partial charge on any atom is 0.139 e. The lowest BCUT2D eigenvalue weighted by molar-refractivity contribution is 0.770. The molecule has 0 amide bonds. The van der Waals surface area contributed by atoms with Gasteiger partial charge in [-0.1, -0.05) is 26.0 Å². The second-order valence-electron chi connectivity index (χ2n) is 6.10. The van der Waals surface area contributed by atoms with Crippen molar-refractivity contribution in [1.82, 2.24) is 15.0 Å². The number of pyridine rings is 1. The van der Waals surface area contributed by atoms with Crippen LogP contribution in [-0.2, 0) is 6.42 Å². The van der Waals surface area contributed by atoms with Crippen molar-refractivity contribution in [2.45, 2.75) is 26.2 Å². The molecule has 118 valence electrons. The van der Waals surface area contributed by atoms with Crippen LogP contribution in [0.3, 0.4) is 0 Å². The molecule has 3 rings (SSSR count). The molecule has 0 aliphatic heterocycles. The smallest absolute Gasteiger partial charge is 0.139 e. The van der Waals surface area contributed by atoms with Crippen LogP contribution in [-0.4, -0.2) is 28.5 Å². The van der Waals surface area contributed by atoms with Gasteiger partial charge in [-0.05, 0) is 36.2 Å². The minimum Gasteiger partial charge on any atom is -0.359 e. The fraction of sp³-hybridized carbons (Fsp3) is 0.316. The van der Waals surface area contributed by atoms with Crippen LogP contribution in [0.25, 0.3) is 10.9 Å². The molecule has 0 spiro atoms. The lowest BCUT2D eigenvalue weighted by atomic mass is 10.1. The molecule has 23 heavy (non-hydrogen) atoms. The number of fused-ring (bicyclic) bond motifs is 1. The van der Waals surface area contributed by atoms with E-state index in [-0.39, 0.29) is 0 Å². The third-order valence-corrected chi connectivity index (χ3v) is 3.96. The Morgan fingerprint density at radius 2 is 1.74 bits per heavy atom. The molecule has 0 aliphatic rings. The molecule has 4 heteroatoms. The van der Waals surface area contributed by atoms with Crippen molar-refractivity contribution in [3.8, 4) is 0 Å². The molecular weight excluding hydrogens is 284 g/mol. The highest BCUT2D eigenvalue weighted by atomic mass is 15.2.